The summed E-state index contributed by atoms with van der Waals surface area (Å²) in [7, 11) is 0. The minimum Gasteiger partial charge on any atom is -0.385 e. The number of nitrogens with two attached hydrogens (primary N) is 1. The molecule has 0 bridgehead atoms. The summed E-state index contributed by atoms with van der Waals surface area (Å²) in [5, 5.41) is 8.87. The van der Waals surface area contributed by atoms with Crippen LogP contribution in [0, 0.1) is 5.92 Å². The highest BCUT2D eigenvalue weighted by Crippen LogP contribution is 2.03. The fraction of sp³-hybridized carbons (Fsp3) is 0.833. The molecule has 2 unspecified atom stereocenters. The van der Waals surface area contributed by atoms with Crippen molar-refractivity contribution >= 4 is 6.29 Å². The summed E-state index contributed by atoms with van der Waals surface area (Å²) in [5.74, 6) is -0.0671. The van der Waals surface area contributed by atoms with E-state index in [0.717, 1.165) is 6.42 Å². The van der Waals surface area contributed by atoms with Crippen molar-refractivity contribution in [2.24, 2.45) is 11.7 Å². The maximum absolute atomic E-state index is 9.96. The number of aliphatic hydroxyl groups excluding tert-OH is 1. The molecule has 0 aromatic rings. The molecule has 3 N–H and O–H groups in total. The van der Waals surface area contributed by atoms with Gasteiger partial charge in [0.05, 0.1) is 0 Å². The van der Waals surface area contributed by atoms with Gasteiger partial charge in [0.2, 0.25) is 0 Å². The van der Waals surface area contributed by atoms with Gasteiger partial charge in [-0.3, -0.25) is 0 Å². The highest BCUT2D eigenvalue weighted by Gasteiger charge is 2.13. The number of rotatable bonds is 4. The summed E-state index contributed by atoms with van der Waals surface area (Å²) in [6, 6.07) is 0. The van der Waals surface area contributed by atoms with Crippen LogP contribution in [-0.2, 0) is 4.79 Å². The van der Waals surface area contributed by atoms with Crippen LogP contribution < -0.4 is 5.73 Å². The van der Waals surface area contributed by atoms with E-state index in [1.54, 1.807) is 0 Å². The van der Waals surface area contributed by atoms with Gasteiger partial charge in [0.1, 0.15) is 12.4 Å². The van der Waals surface area contributed by atoms with Crippen LogP contribution in [0.3, 0.4) is 0 Å². The van der Waals surface area contributed by atoms with Crippen molar-refractivity contribution < 1.29 is 9.90 Å². The largest absolute Gasteiger partial charge is 0.385 e. The molecule has 3 heteroatoms. The SMILES string of the molecule is CCC(CN)C(O)C=O. The van der Waals surface area contributed by atoms with Gasteiger partial charge in [-0.2, -0.15) is 0 Å². The molecule has 3 nitrogen and oxygen atoms in total. The van der Waals surface area contributed by atoms with Crippen molar-refractivity contribution in [1.82, 2.24) is 0 Å². The first kappa shape index (κ1) is 8.59. The second kappa shape index (κ2) is 4.47. The lowest BCUT2D eigenvalue weighted by Crippen LogP contribution is -2.28. The standard InChI is InChI=1S/C6H13NO2/c1-2-5(3-7)6(9)4-8/h4-6,9H,2-3,7H2,1H3. The number of aliphatic hydroxyl groups is 1. The predicted molar refractivity (Wildman–Crippen MR) is 34.9 cm³/mol. The maximum atomic E-state index is 9.96. The Kier molecular flexibility index (Phi) is 4.26. The smallest absolute Gasteiger partial charge is 0.148 e. The zero-order chi connectivity index (χ0) is 7.28. The van der Waals surface area contributed by atoms with Gasteiger partial charge >= 0.3 is 0 Å². The van der Waals surface area contributed by atoms with E-state index < -0.39 is 6.10 Å². The Morgan fingerprint density at radius 1 is 1.78 bits per heavy atom. The maximum Gasteiger partial charge on any atom is 0.148 e. The molecule has 0 amide bonds. The van der Waals surface area contributed by atoms with E-state index in [-0.39, 0.29) is 5.92 Å². The van der Waals surface area contributed by atoms with E-state index in [4.69, 9.17) is 10.8 Å². The third kappa shape index (κ3) is 2.58. The number of carbonyl (C=O) groups excluding carboxylic acids is 1. The summed E-state index contributed by atoms with van der Waals surface area (Å²) in [6.45, 7) is 2.26. The van der Waals surface area contributed by atoms with Gasteiger partial charge < -0.3 is 15.6 Å². The zero-order valence-corrected chi connectivity index (χ0v) is 5.58. The van der Waals surface area contributed by atoms with Crippen molar-refractivity contribution in [1.29, 1.82) is 0 Å². The highest BCUT2D eigenvalue weighted by molar-refractivity contribution is 5.56. The van der Waals surface area contributed by atoms with Gasteiger partial charge in [-0.1, -0.05) is 6.92 Å². The Balaban J connectivity index is 3.63. The predicted octanol–water partition coefficient (Wildman–Crippen LogP) is -0.469. The first-order valence-electron chi connectivity index (χ1n) is 3.09. The number of hydrogen-bond acceptors (Lipinski definition) is 3. The Bertz CT molecular complexity index is 81.1. The van der Waals surface area contributed by atoms with Crippen molar-refractivity contribution in [2.45, 2.75) is 19.4 Å². The van der Waals surface area contributed by atoms with Crippen molar-refractivity contribution in [3.05, 3.63) is 0 Å². The molecule has 2 atom stereocenters. The third-order valence-electron chi connectivity index (χ3n) is 1.45. The second-order valence-electron chi connectivity index (χ2n) is 2.03. The molecule has 0 heterocycles. The van der Waals surface area contributed by atoms with E-state index in [2.05, 4.69) is 0 Å². The number of hydrogen-bond donors (Lipinski definition) is 2. The summed E-state index contributed by atoms with van der Waals surface area (Å²) in [6.07, 6.45) is 0.400. The van der Waals surface area contributed by atoms with E-state index >= 15 is 0 Å². The van der Waals surface area contributed by atoms with E-state index in [1.807, 2.05) is 6.92 Å². The molecular formula is C6H13NO2. The average molecular weight is 131 g/mol. The minimum atomic E-state index is -0.875. The van der Waals surface area contributed by atoms with Gasteiger partial charge in [-0.15, -0.1) is 0 Å². The Labute approximate surface area is 54.9 Å². The quantitative estimate of drug-likeness (QED) is 0.507. The van der Waals surface area contributed by atoms with Crippen LogP contribution in [0.1, 0.15) is 13.3 Å². The molecule has 0 aromatic heterocycles. The normalized spacial score (nSPS) is 16.8. The Morgan fingerprint density at radius 2 is 2.33 bits per heavy atom. The molecule has 54 valence electrons. The third-order valence-corrected chi connectivity index (χ3v) is 1.45. The molecule has 9 heavy (non-hydrogen) atoms. The molecule has 0 aliphatic carbocycles. The van der Waals surface area contributed by atoms with Crippen LogP contribution in [0.4, 0.5) is 0 Å². The van der Waals surface area contributed by atoms with Crippen LogP contribution in [-0.4, -0.2) is 24.0 Å². The lowest BCUT2D eigenvalue weighted by molar-refractivity contribution is -0.117. The Hall–Kier alpha value is -0.410. The molecule has 0 aromatic carbocycles. The molecule has 0 saturated carbocycles. The van der Waals surface area contributed by atoms with Gasteiger partial charge in [0.15, 0.2) is 0 Å². The molecule has 0 spiro atoms. The number of carbonyl (C=O) groups is 1. The summed E-state index contributed by atoms with van der Waals surface area (Å²) < 4.78 is 0. The highest BCUT2D eigenvalue weighted by atomic mass is 16.3. The van der Waals surface area contributed by atoms with E-state index in [0.29, 0.717) is 12.8 Å². The van der Waals surface area contributed by atoms with Crippen LogP contribution in [0.5, 0.6) is 0 Å². The first-order valence-corrected chi connectivity index (χ1v) is 3.09. The molecule has 0 fully saturated rings. The fourth-order valence-corrected chi connectivity index (χ4v) is 0.659. The molecule has 0 radical (unpaired) electrons. The minimum absolute atomic E-state index is 0.0671. The first-order chi connectivity index (χ1) is 4.26. The average Bonchev–Trinajstić information content (AvgIpc) is 1.90. The van der Waals surface area contributed by atoms with Crippen molar-refractivity contribution in [3.8, 4) is 0 Å². The lowest BCUT2D eigenvalue weighted by atomic mass is 10.0. The van der Waals surface area contributed by atoms with Crippen LogP contribution in [0.15, 0.2) is 0 Å². The number of aldehydes is 1. The topological polar surface area (TPSA) is 63.3 Å². The van der Waals surface area contributed by atoms with Crippen molar-refractivity contribution in [2.75, 3.05) is 6.54 Å². The fourth-order valence-electron chi connectivity index (χ4n) is 0.659. The summed E-state index contributed by atoms with van der Waals surface area (Å²) >= 11 is 0. The lowest BCUT2D eigenvalue weighted by Gasteiger charge is -2.12. The molecular weight excluding hydrogens is 118 g/mol. The summed E-state index contributed by atoms with van der Waals surface area (Å²) in [4.78, 5) is 9.96. The van der Waals surface area contributed by atoms with Gasteiger partial charge in [-0.25, -0.2) is 0 Å². The van der Waals surface area contributed by atoms with Gasteiger partial charge in [0.25, 0.3) is 0 Å². The van der Waals surface area contributed by atoms with Crippen molar-refractivity contribution in [3.63, 3.8) is 0 Å². The molecule has 0 saturated heterocycles. The van der Waals surface area contributed by atoms with Gasteiger partial charge in [-0.05, 0) is 13.0 Å². The Morgan fingerprint density at radius 3 is 2.44 bits per heavy atom. The van der Waals surface area contributed by atoms with Crippen LogP contribution >= 0.6 is 0 Å². The molecule has 0 aliphatic heterocycles. The molecule has 0 rings (SSSR count). The van der Waals surface area contributed by atoms with E-state index in [9.17, 15) is 4.79 Å². The zero-order valence-electron chi connectivity index (χ0n) is 5.58. The second-order valence-corrected chi connectivity index (χ2v) is 2.03. The summed E-state index contributed by atoms with van der Waals surface area (Å²) in [5.41, 5.74) is 5.24. The van der Waals surface area contributed by atoms with Crippen LogP contribution in [0.2, 0.25) is 0 Å². The molecule has 0 aliphatic rings. The monoisotopic (exact) mass is 131 g/mol. The van der Waals surface area contributed by atoms with Crippen LogP contribution in [0.25, 0.3) is 0 Å². The van der Waals surface area contributed by atoms with E-state index in [1.165, 1.54) is 0 Å². The van der Waals surface area contributed by atoms with Gasteiger partial charge in [0, 0.05) is 5.92 Å².